The van der Waals surface area contributed by atoms with Crippen molar-refractivity contribution in [3.8, 4) is 0 Å². The van der Waals surface area contributed by atoms with Crippen molar-refractivity contribution in [1.82, 2.24) is 0 Å². The Balaban J connectivity index is 1.31. The van der Waals surface area contributed by atoms with E-state index >= 15 is 0 Å². The van der Waals surface area contributed by atoms with Gasteiger partial charge in [0, 0.05) is 16.9 Å². The summed E-state index contributed by atoms with van der Waals surface area (Å²) in [6.07, 6.45) is 10.6. The summed E-state index contributed by atoms with van der Waals surface area (Å²) in [6, 6.07) is 6.67. The smallest absolute Gasteiger partial charge is 0.311 e. The van der Waals surface area contributed by atoms with Crippen LogP contribution in [0.4, 0.5) is 4.39 Å². The minimum Gasteiger partial charge on any atom is -0.466 e. The summed E-state index contributed by atoms with van der Waals surface area (Å²) in [7, 11) is 0. The molecule has 0 heterocycles. The van der Waals surface area contributed by atoms with Crippen LogP contribution >= 0.6 is 0 Å². The molecule has 0 aromatic heterocycles. The number of hydrogen-bond donors (Lipinski definition) is 0. The summed E-state index contributed by atoms with van der Waals surface area (Å²) in [5, 5.41) is 4.62. The molecule has 5 aliphatic rings. The average molecular weight is 620 g/mol. The molecule has 4 fully saturated rings. The van der Waals surface area contributed by atoms with E-state index in [1.165, 1.54) is 11.6 Å². The topological polar surface area (TPSA) is 65.0 Å². The number of hydrogen-bond acceptors (Lipinski definition) is 5. The molecule has 246 valence electrons. The van der Waals surface area contributed by atoms with Crippen LogP contribution in [0.15, 0.2) is 41.1 Å². The molecule has 5 aliphatic carbocycles. The lowest BCUT2D eigenvalue weighted by Gasteiger charge is -2.70. The first kappa shape index (κ1) is 32.4. The van der Waals surface area contributed by atoms with Crippen LogP contribution in [0.3, 0.4) is 0 Å². The van der Waals surface area contributed by atoms with Crippen molar-refractivity contribution in [2.24, 2.45) is 55.4 Å². The molecule has 0 aliphatic heterocycles. The number of esters is 1. The van der Waals surface area contributed by atoms with Crippen molar-refractivity contribution in [3.05, 3.63) is 47.3 Å². The van der Waals surface area contributed by atoms with Crippen molar-refractivity contribution >= 4 is 17.5 Å². The van der Waals surface area contributed by atoms with Gasteiger partial charge in [-0.3, -0.25) is 9.59 Å². The molecule has 1 aromatic carbocycles. The number of fused-ring (bicyclic) bond motifs is 7. The fraction of sp³-hybridized carbons (Fsp3) is 0.718. The van der Waals surface area contributed by atoms with Crippen LogP contribution in [0.25, 0.3) is 0 Å². The molecule has 8 atom stereocenters. The number of ether oxygens (including phenoxy) is 1. The van der Waals surface area contributed by atoms with Crippen molar-refractivity contribution in [3.63, 3.8) is 0 Å². The average Bonchev–Trinajstić information content (AvgIpc) is 2.97. The van der Waals surface area contributed by atoms with Gasteiger partial charge in [-0.05, 0) is 117 Å². The van der Waals surface area contributed by atoms with E-state index < -0.39 is 5.41 Å². The van der Waals surface area contributed by atoms with Gasteiger partial charge in [0.25, 0.3) is 0 Å². The van der Waals surface area contributed by atoms with Crippen LogP contribution in [-0.2, 0) is 25.8 Å². The van der Waals surface area contributed by atoms with Crippen molar-refractivity contribution in [2.45, 2.75) is 120 Å². The number of oxime groups is 1. The highest BCUT2D eigenvalue weighted by molar-refractivity contribution is 5.97. The molecule has 4 saturated carbocycles. The quantitative estimate of drug-likeness (QED) is 0.243. The summed E-state index contributed by atoms with van der Waals surface area (Å²) < 4.78 is 19.8. The summed E-state index contributed by atoms with van der Waals surface area (Å²) in [5.41, 5.74) is 1.75. The maximum Gasteiger partial charge on any atom is 0.311 e. The predicted octanol–water partition coefficient (Wildman–Crippen LogP) is 9.24. The normalized spacial score (nSPS) is 42.9. The third-order valence-corrected chi connectivity index (χ3v) is 14.5. The molecule has 5 nitrogen and oxygen atoms in total. The second kappa shape index (κ2) is 10.8. The Labute approximate surface area is 269 Å². The zero-order chi connectivity index (χ0) is 32.6. The van der Waals surface area contributed by atoms with Gasteiger partial charge in [-0.15, -0.1) is 0 Å². The second-order valence-electron chi connectivity index (χ2n) is 17.1. The lowest BCUT2D eigenvalue weighted by molar-refractivity contribution is -0.177. The minimum atomic E-state index is -0.513. The third-order valence-electron chi connectivity index (χ3n) is 14.5. The highest BCUT2D eigenvalue weighted by Crippen LogP contribution is 2.75. The number of carbonyl (C=O) groups excluding carboxylic acids is 2. The SMILES string of the molecule is CCOC(=O)[C@@]1(C)CC[C@]2(C)CC[C@]3(C)C(=CC(=O)[C@@H]4[C@@]5(C)CC/C(=N\OCc6ccccc6F)C(C)(C)[C@@H]5CC[C@]43C)[C@@H]2C1. The van der Waals surface area contributed by atoms with Crippen LogP contribution in [0, 0.1) is 56.1 Å². The van der Waals surface area contributed by atoms with Gasteiger partial charge in [-0.1, -0.05) is 70.5 Å². The van der Waals surface area contributed by atoms with Gasteiger partial charge < -0.3 is 9.57 Å². The number of halogens is 1. The first-order valence-electron chi connectivity index (χ1n) is 17.4. The first-order valence-corrected chi connectivity index (χ1v) is 17.4. The van der Waals surface area contributed by atoms with E-state index in [4.69, 9.17) is 9.57 Å². The summed E-state index contributed by atoms with van der Waals surface area (Å²) in [4.78, 5) is 33.6. The van der Waals surface area contributed by atoms with Crippen molar-refractivity contribution in [2.75, 3.05) is 6.61 Å². The number of benzene rings is 1. The molecule has 0 spiro atoms. The number of carbonyl (C=O) groups is 2. The Morgan fingerprint density at radius 1 is 0.978 bits per heavy atom. The molecule has 45 heavy (non-hydrogen) atoms. The lowest BCUT2D eigenvalue weighted by Crippen LogP contribution is -2.66. The van der Waals surface area contributed by atoms with Gasteiger partial charge in [0.15, 0.2) is 5.78 Å². The predicted molar refractivity (Wildman–Crippen MR) is 175 cm³/mol. The Kier molecular flexibility index (Phi) is 7.76. The van der Waals surface area contributed by atoms with Crippen LogP contribution < -0.4 is 0 Å². The van der Waals surface area contributed by atoms with E-state index in [0.717, 1.165) is 63.5 Å². The Morgan fingerprint density at radius 3 is 2.40 bits per heavy atom. The summed E-state index contributed by atoms with van der Waals surface area (Å²) in [6.45, 7) is 18.7. The molecule has 0 saturated heterocycles. The van der Waals surface area contributed by atoms with E-state index in [2.05, 4.69) is 59.7 Å². The van der Waals surface area contributed by atoms with Gasteiger partial charge in [-0.2, -0.15) is 0 Å². The van der Waals surface area contributed by atoms with E-state index in [-0.39, 0.29) is 69.0 Å². The molecule has 0 unspecified atom stereocenters. The molecular weight excluding hydrogens is 565 g/mol. The largest absolute Gasteiger partial charge is 0.466 e. The highest BCUT2D eigenvalue weighted by Gasteiger charge is 2.70. The van der Waals surface area contributed by atoms with E-state index in [1.54, 1.807) is 12.1 Å². The first-order chi connectivity index (χ1) is 21.1. The van der Waals surface area contributed by atoms with E-state index in [1.807, 2.05) is 13.0 Å². The molecule has 0 bridgehead atoms. The zero-order valence-electron chi connectivity index (χ0n) is 28.9. The molecule has 0 amide bonds. The van der Waals surface area contributed by atoms with Crippen molar-refractivity contribution in [1.29, 1.82) is 0 Å². The van der Waals surface area contributed by atoms with Crippen LogP contribution in [-0.4, -0.2) is 24.1 Å². The minimum absolute atomic E-state index is 0.0676. The second-order valence-corrected chi connectivity index (χ2v) is 17.1. The number of ketones is 1. The van der Waals surface area contributed by atoms with Crippen LogP contribution in [0.1, 0.15) is 119 Å². The Bertz CT molecular complexity index is 1450. The highest BCUT2D eigenvalue weighted by atomic mass is 19.1. The van der Waals surface area contributed by atoms with Gasteiger partial charge in [0.05, 0.1) is 17.7 Å². The Morgan fingerprint density at radius 2 is 1.69 bits per heavy atom. The molecule has 1 aromatic rings. The molecule has 0 N–H and O–H groups in total. The van der Waals surface area contributed by atoms with E-state index in [0.29, 0.717) is 12.2 Å². The maximum absolute atomic E-state index is 14.7. The molecule has 6 heteroatoms. The molecule has 6 rings (SSSR count). The fourth-order valence-corrected chi connectivity index (χ4v) is 11.4. The number of nitrogens with zero attached hydrogens (tertiary/aromatic N) is 1. The molecule has 0 radical (unpaired) electrons. The van der Waals surface area contributed by atoms with Gasteiger partial charge in [0.2, 0.25) is 0 Å². The van der Waals surface area contributed by atoms with Crippen molar-refractivity contribution < 1.29 is 23.6 Å². The van der Waals surface area contributed by atoms with Gasteiger partial charge in [-0.25, -0.2) is 4.39 Å². The maximum atomic E-state index is 14.7. The zero-order valence-corrected chi connectivity index (χ0v) is 28.9. The van der Waals surface area contributed by atoms with Crippen LogP contribution in [0.5, 0.6) is 0 Å². The van der Waals surface area contributed by atoms with Crippen LogP contribution in [0.2, 0.25) is 0 Å². The standard InChI is InChI=1S/C39H54FNO4/c1-9-44-33(43)36(5)19-18-35(4)20-21-38(7)26(27(35)23-36)22-29(42)32-37(6)16-15-31(34(2,3)30(37)14-17-39(32,38)8)41-45-24-25-12-10-11-13-28(25)40/h10-13,22,27,30,32H,9,14-21,23-24H2,1-8H3/b41-31+/t27-,30-,32+,35+,36-,37-,38+,39+/m0/s1. The Hall–Kier alpha value is -2.50. The number of rotatable bonds is 5. The van der Waals surface area contributed by atoms with Gasteiger partial charge >= 0.3 is 5.97 Å². The molecular formula is C39H54FNO4. The van der Waals surface area contributed by atoms with E-state index in [9.17, 15) is 14.0 Å². The summed E-state index contributed by atoms with van der Waals surface area (Å²) >= 11 is 0. The summed E-state index contributed by atoms with van der Waals surface area (Å²) in [5.74, 6) is 0.349. The monoisotopic (exact) mass is 619 g/mol. The lowest BCUT2D eigenvalue weighted by atomic mass is 9.33. The fourth-order valence-electron chi connectivity index (χ4n) is 11.4. The number of allylic oxidation sites excluding steroid dienone is 2. The van der Waals surface area contributed by atoms with Gasteiger partial charge in [0.1, 0.15) is 12.4 Å². The third kappa shape index (κ3) is 4.69.